The molecule has 37 heavy (non-hydrogen) atoms. The number of nitrogens with zero attached hydrogens (tertiary/aromatic N) is 5. The van der Waals surface area contributed by atoms with E-state index in [-0.39, 0.29) is 34.5 Å². The minimum atomic E-state index is -3.66. The number of aryl methyl sites for hydroxylation is 1. The zero-order valence-corrected chi connectivity index (χ0v) is 21.0. The summed E-state index contributed by atoms with van der Waals surface area (Å²) in [7, 11) is -0.431. The highest BCUT2D eigenvalue weighted by Crippen LogP contribution is 2.37. The second-order valence-electron chi connectivity index (χ2n) is 8.95. The minimum absolute atomic E-state index is 0.0190. The molecule has 14 heteroatoms. The van der Waals surface area contributed by atoms with Crippen molar-refractivity contribution in [3.8, 4) is 11.3 Å². The summed E-state index contributed by atoms with van der Waals surface area (Å²) in [5, 5.41) is 5.83. The number of hydrogen-bond acceptors (Lipinski definition) is 7. The molecular formula is C23H24F2N8O3S. The van der Waals surface area contributed by atoms with Gasteiger partial charge in [-0.15, -0.1) is 0 Å². The Morgan fingerprint density at radius 1 is 1.22 bits per heavy atom. The number of hydrogen-bond donors (Lipinski definition) is 3. The highest BCUT2D eigenvalue weighted by Gasteiger charge is 2.30. The number of anilines is 4. The molecule has 5 rings (SSSR count). The third-order valence-corrected chi connectivity index (χ3v) is 7.18. The molecule has 194 valence electrons. The molecule has 1 fully saturated rings. The van der Waals surface area contributed by atoms with Crippen LogP contribution in [0.15, 0.2) is 36.8 Å². The van der Waals surface area contributed by atoms with Crippen LogP contribution >= 0.6 is 0 Å². The Morgan fingerprint density at radius 3 is 2.59 bits per heavy atom. The van der Waals surface area contributed by atoms with Crippen molar-refractivity contribution < 1.29 is 22.0 Å². The van der Waals surface area contributed by atoms with Crippen molar-refractivity contribution in [2.75, 3.05) is 28.2 Å². The molecule has 3 N–H and O–H groups in total. The first-order chi connectivity index (χ1) is 17.5. The van der Waals surface area contributed by atoms with E-state index in [4.69, 9.17) is 0 Å². The Labute approximate surface area is 211 Å². The maximum Gasteiger partial charge on any atom is 0.295 e. The van der Waals surface area contributed by atoms with E-state index in [1.165, 1.54) is 13.1 Å². The third kappa shape index (κ3) is 5.09. The molecule has 3 heterocycles. The Balaban J connectivity index is 1.61. The first kappa shape index (κ1) is 24.6. The lowest BCUT2D eigenvalue weighted by atomic mass is 10.1. The Hall–Kier alpha value is -4.07. The van der Waals surface area contributed by atoms with Gasteiger partial charge in [-0.05, 0) is 25.0 Å². The fourth-order valence-electron chi connectivity index (χ4n) is 3.79. The number of nitrogens with one attached hydrogen (secondary N) is 3. The van der Waals surface area contributed by atoms with Gasteiger partial charge in [0.05, 0.1) is 35.3 Å². The van der Waals surface area contributed by atoms with Crippen LogP contribution in [0.25, 0.3) is 22.4 Å². The number of pyridine rings is 1. The molecule has 11 nitrogen and oxygen atoms in total. The molecule has 1 amide bonds. The second kappa shape index (κ2) is 9.10. The van der Waals surface area contributed by atoms with Gasteiger partial charge in [-0.25, -0.2) is 32.2 Å². The van der Waals surface area contributed by atoms with E-state index in [0.717, 1.165) is 23.4 Å². The van der Waals surface area contributed by atoms with Crippen LogP contribution in [0.3, 0.4) is 0 Å². The number of H-pyrrole nitrogens is 1. The molecule has 1 aliphatic rings. The van der Waals surface area contributed by atoms with Gasteiger partial charge in [0.1, 0.15) is 11.3 Å². The van der Waals surface area contributed by atoms with Crippen molar-refractivity contribution in [2.24, 2.45) is 13.0 Å². The summed E-state index contributed by atoms with van der Waals surface area (Å²) >= 11 is 0. The number of benzene rings is 1. The van der Waals surface area contributed by atoms with Crippen LogP contribution in [0.1, 0.15) is 25.1 Å². The quantitative estimate of drug-likeness (QED) is 0.315. The lowest BCUT2D eigenvalue weighted by Gasteiger charge is -2.22. The number of fused-ring (bicyclic) bond motifs is 1. The first-order valence-corrected chi connectivity index (χ1v) is 13.2. The smallest absolute Gasteiger partial charge is 0.295 e. The van der Waals surface area contributed by atoms with E-state index in [1.54, 1.807) is 35.3 Å². The molecule has 0 aliphatic heterocycles. The van der Waals surface area contributed by atoms with Crippen LogP contribution in [-0.4, -0.2) is 52.1 Å². The van der Waals surface area contributed by atoms with Crippen LogP contribution in [0.4, 0.5) is 31.7 Å². The summed E-state index contributed by atoms with van der Waals surface area (Å²) in [6.45, 7) is 0. The number of aromatic amines is 1. The van der Waals surface area contributed by atoms with Crippen molar-refractivity contribution in [3.05, 3.63) is 42.6 Å². The van der Waals surface area contributed by atoms with Gasteiger partial charge in [0, 0.05) is 37.8 Å². The number of imidazole rings is 2. The summed E-state index contributed by atoms with van der Waals surface area (Å²) in [4.78, 5) is 27.3. The Bertz CT molecular complexity index is 1610. The van der Waals surface area contributed by atoms with E-state index >= 15 is 0 Å². The van der Waals surface area contributed by atoms with Crippen LogP contribution in [0.5, 0.6) is 0 Å². The molecule has 0 atom stereocenters. The van der Waals surface area contributed by atoms with Gasteiger partial charge in [0.2, 0.25) is 15.9 Å². The summed E-state index contributed by atoms with van der Waals surface area (Å²) < 4.78 is 54.6. The van der Waals surface area contributed by atoms with Gasteiger partial charge in [0.15, 0.2) is 11.5 Å². The Morgan fingerprint density at radius 2 is 1.97 bits per heavy atom. The van der Waals surface area contributed by atoms with Crippen molar-refractivity contribution in [2.45, 2.75) is 19.3 Å². The van der Waals surface area contributed by atoms with Crippen molar-refractivity contribution in [1.82, 2.24) is 24.5 Å². The maximum atomic E-state index is 13.4. The minimum Gasteiger partial charge on any atom is -0.352 e. The van der Waals surface area contributed by atoms with E-state index in [0.29, 0.717) is 22.6 Å². The standard InChI is InChI=1S/C23H24F2N8O3S/c1-32-10-16(26-11-32)13-6-7-14(17(8-13)33(2)37(3,35)36)27-15-9-18(29-23(34)12-4-5-12)28-21-19(15)30-22(31-21)20(24)25/h6-12,20H,4-5H2,1-3H3,(H3,27,28,29,30,31,34). The van der Waals surface area contributed by atoms with E-state index in [2.05, 4.69) is 30.6 Å². The lowest BCUT2D eigenvalue weighted by Crippen LogP contribution is -2.25. The Kier molecular flexibility index (Phi) is 6.06. The molecule has 0 unspecified atom stereocenters. The average Bonchev–Trinajstić information content (AvgIpc) is 3.45. The molecule has 1 aliphatic carbocycles. The number of carbonyl (C=O) groups excluding carboxylic acids is 1. The summed E-state index contributed by atoms with van der Waals surface area (Å²) in [5.74, 6) is -0.740. The molecule has 0 saturated heterocycles. The topological polar surface area (TPSA) is 138 Å². The van der Waals surface area contributed by atoms with E-state index < -0.39 is 22.3 Å². The monoisotopic (exact) mass is 530 g/mol. The fraction of sp³-hybridized carbons (Fsp3) is 0.304. The number of rotatable bonds is 8. The van der Waals surface area contributed by atoms with Gasteiger partial charge in [-0.1, -0.05) is 6.07 Å². The molecule has 1 aromatic carbocycles. The summed E-state index contributed by atoms with van der Waals surface area (Å²) in [5.41, 5.74) is 2.43. The van der Waals surface area contributed by atoms with Gasteiger partial charge in [0.25, 0.3) is 6.43 Å². The first-order valence-electron chi connectivity index (χ1n) is 11.3. The van der Waals surface area contributed by atoms with Gasteiger partial charge in [-0.2, -0.15) is 0 Å². The SMILES string of the molecule is CN(c1cc(-c2cn(C)cn2)ccc1Nc1cc(NC(=O)C2CC2)nc2nc(C(F)F)[nH]c12)S(C)(=O)=O. The highest BCUT2D eigenvalue weighted by molar-refractivity contribution is 7.92. The van der Waals surface area contributed by atoms with E-state index in [1.807, 2.05) is 7.05 Å². The molecule has 0 radical (unpaired) electrons. The zero-order chi connectivity index (χ0) is 26.5. The van der Waals surface area contributed by atoms with Gasteiger partial charge >= 0.3 is 0 Å². The fourth-order valence-corrected chi connectivity index (χ4v) is 4.30. The second-order valence-corrected chi connectivity index (χ2v) is 11.0. The zero-order valence-electron chi connectivity index (χ0n) is 20.2. The third-order valence-electron chi connectivity index (χ3n) is 5.99. The van der Waals surface area contributed by atoms with Gasteiger partial charge in [-0.3, -0.25) is 9.10 Å². The van der Waals surface area contributed by atoms with Crippen LogP contribution < -0.4 is 14.9 Å². The number of aromatic nitrogens is 5. The number of carbonyl (C=O) groups is 1. The number of amides is 1. The molecular weight excluding hydrogens is 506 g/mol. The number of halogens is 2. The predicted octanol–water partition coefficient (Wildman–Crippen LogP) is 3.78. The van der Waals surface area contributed by atoms with Crippen LogP contribution in [-0.2, 0) is 21.9 Å². The van der Waals surface area contributed by atoms with Crippen molar-refractivity contribution >= 4 is 50.0 Å². The van der Waals surface area contributed by atoms with Crippen LogP contribution in [0, 0.1) is 5.92 Å². The normalized spacial score (nSPS) is 13.8. The summed E-state index contributed by atoms with van der Waals surface area (Å²) in [6.07, 6.45) is 3.19. The molecule has 4 aromatic rings. The molecule has 0 spiro atoms. The van der Waals surface area contributed by atoms with Crippen molar-refractivity contribution in [3.63, 3.8) is 0 Å². The molecule has 3 aromatic heterocycles. The maximum absolute atomic E-state index is 13.4. The number of sulfonamides is 1. The molecule has 1 saturated carbocycles. The van der Waals surface area contributed by atoms with Crippen molar-refractivity contribution in [1.29, 1.82) is 0 Å². The highest BCUT2D eigenvalue weighted by atomic mass is 32.2. The number of alkyl halides is 2. The predicted molar refractivity (Wildman–Crippen MR) is 135 cm³/mol. The van der Waals surface area contributed by atoms with E-state index in [9.17, 15) is 22.0 Å². The summed E-state index contributed by atoms with van der Waals surface area (Å²) in [6, 6.07) is 6.58. The lowest BCUT2D eigenvalue weighted by molar-refractivity contribution is -0.117. The van der Waals surface area contributed by atoms with Gasteiger partial charge < -0.3 is 20.2 Å². The van der Waals surface area contributed by atoms with Crippen LogP contribution in [0.2, 0.25) is 0 Å². The largest absolute Gasteiger partial charge is 0.352 e. The molecule has 0 bridgehead atoms. The average molecular weight is 531 g/mol.